The SMILES string of the molecule is O=CC1(COC2CCCCO2)CC1. The van der Waals surface area contributed by atoms with Crippen molar-refractivity contribution >= 4 is 6.29 Å². The van der Waals surface area contributed by atoms with Crippen molar-refractivity contribution < 1.29 is 14.3 Å². The van der Waals surface area contributed by atoms with E-state index in [9.17, 15) is 4.79 Å². The van der Waals surface area contributed by atoms with Crippen LogP contribution in [0.3, 0.4) is 0 Å². The third kappa shape index (κ3) is 2.29. The maximum absolute atomic E-state index is 10.6. The van der Waals surface area contributed by atoms with Gasteiger partial charge in [-0.05, 0) is 32.1 Å². The molecular weight excluding hydrogens is 168 g/mol. The van der Waals surface area contributed by atoms with Crippen LogP contribution in [-0.4, -0.2) is 25.8 Å². The Hall–Kier alpha value is -0.410. The van der Waals surface area contributed by atoms with Crippen molar-refractivity contribution in [2.24, 2.45) is 5.41 Å². The zero-order valence-corrected chi connectivity index (χ0v) is 7.83. The van der Waals surface area contributed by atoms with Crippen molar-refractivity contribution in [1.29, 1.82) is 0 Å². The second-order valence-corrected chi connectivity index (χ2v) is 4.09. The van der Waals surface area contributed by atoms with Crippen molar-refractivity contribution in [1.82, 2.24) is 0 Å². The van der Waals surface area contributed by atoms with Gasteiger partial charge in [0, 0.05) is 12.0 Å². The maximum Gasteiger partial charge on any atom is 0.157 e. The Morgan fingerprint density at radius 1 is 1.46 bits per heavy atom. The van der Waals surface area contributed by atoms with Gasteiger partial charge in [-0.15, -0.1) is 0 Å². The summed E-state index contributed by atoms with van der Waals surface area (Å²) in [5.41, 5.74) is -0.138. The maximum atomic E-state index is 10.6. The summed E-state index contributed by atoms with van der Waals surface area (Å²) in [4.78, 5) is 10.6. The molecule has 0 radical (unpaired) electrons. The Labute approximate surface area is 78.4 Å². The number of carbonyl (C=O) groups is 1. The molecule has 0 aromatic heterocycles. The lowest BCUT2D eigenvalue weighted by atomic mass is 10.1. The normalized spacial score (nSPS) is 31.2. The molecule has 0 aromatic rings. The smallest absolute Gasteiger partial charge is 0.157 e. The minimum absolute atomic E-state index is 0.0498. The largest absolute Gasteiger partial charge is 0.353 e. The van der Waals surface area contributed by atoms with Crippen LogP contribution in [0.1, 0.15) is 32.1 Å². The highest BCUT2D eigenvalue weighted by molar-refractivity contribution is 5.63. The molecule has 1 saturated carbocycles. The Morgan fingerprint density at radius 2 is 2.31 bits per heavy atom. The summed E-state index contributed by atoms with van der Waals surface area (Å²) in [7, 11) is 0. The van der Waals surface area contributed by atoms with Crippen LogP contribution >= 0.6 is 0 Å². The van der Waals surface area contributed by atoms with Crippen molar-refractivity contribution in [3.05, 3.63) is 0 Å². The molecule has 0 N–H and O–H groups in total. The summed E-state index contributed by atoms with van der Waals surface area (Å²) in [6.07, 6.45) is 6.26. The fourth-order valence-electron chi connectivity index (χ4n) is 1.56. The van der Waals surface area contributed by atoms with Crippen LogP contribution in [0.2, 0.25) is 0 Å². The number of hydrogen-bond donors (Lipinski definition) is 0. The molecule has 1 unspecified atom stereocenters. The monoisotopic (exact) mass is 184 g/mol. The number of hydrogen-bond acceptors (Lipinski definition) is 3. The molecule has 2 rings (SSSR count). The van der Waals surface area contributed by atoms with E-state index in [4.69, 9.17) is 9.47 Å². The Balaban J connectivity index is 1.69. The van der Waals surface area contributed by atoms with Gasteiger partial charge in [-0.25, -0.2) is 0 Å². The third-order valence-electron chi connectivity index (χ3n) is 2.84. The molecule has 0 amide bonds. The minimum atomic E-state index is -0.138. The fourth-order valence-corrected chi connectivity index (χ4v) is 1.56. The molecular formula is C10H16O3. The molecule has 1 heterocycles. The topological polar surface area (TPSA) is 35.5 Å². The summed E-state index contributed by atoms with van der Waals surface area (Å²) in [6, 6.07) is 0. The molecule has 0 bridgehead atoms. The lowest BCUT2D eigenvalue weighted by molar-refractivity contribution is -0.171. The Bertz CT molecular complexity index is 181. The van der Waals surface area contributed by atoms with Crippen LogP contribution in [0.5, 0.6) is 0 Å². The molecule has 3 heteroatoms. The van der Waals surface area contributed by atoms with Crippen molar-refractivity contribution in [3.8, 4) is 0 Å². The number of carbonyl (C=O) groups excluding carboxylic acids is 1. The van der Waals surface area contributed by atoms with Crippen LogP contribution in [0, 0.1) is 5.41 Å². The average Bonchev–Trinajstić information content (AvgIpc) is 2.97. The first-order chi connectivity index (χ1) is 6.35. The van der Waals surface area contributed by atoms with Gasteiger partial charge in [0.2, 0.25) is 0 Å². The molecule has 1 aliphatic carbocycles. The third-order valence-corrected chi connectivity index (χ3v) is 2.84. The first-order valence-corrected chi connectivity index (χ1v) is 5.04. The Kier molecular flexibility index (Phi) is 2.65. The summed E-state index contributed by atoms with van der Waals surface area (Å²) >= 11 is 0. The van der Waals surface area contributed by atoms with E-state index in [-0.39, 0.29) is 11.7 Å². The highest BCUT2D eigenvalue weighted by Gasteiger charge is 2.43. The van der Waals surface area contributed by atoms with Gasteiger partial charge >= 0.3 is 0 Å². The van der Waals surface area contributed by atoms with E-state index in [0.717, 1.165) is 38.6 Å². The zero-order chi connectivity index (χ0) is 9.15. The van der Waals surface area contributed by atoms with Crippen molar-refractivity contribution in [2.45, 2.75) is 38.4 Å². The number of ether oxygens (including phenoxy) is 2. The molecule has 0 spiro atoms. The molecule has 74 valence electrons. The molecule has 0 aromatic carbocycles. The van der Waals surface area contributed by atoms with E-state index in [2.05, 4.69) is 0 Å². The highest BCUT2D eigenvalue weighted by Crippen LogP contribution is 2.43. The van der Waals surface area contributed by atoms with Crippen LogP contribution in [-0.2, 0) is 14.3 Å². The lowest BCUT2D eigenvalue weighted by Crippen LogP contribution is -2.25. The van der Waals surface area contributed by atoms with E-state index in [0.29, 0.717) is 6.61 Å². The molecule has 13 heavy (non-hydrogen) atoms. The van der Waals surface area contributed by atoms with Crippen LogP contribution in [0.4, 0.5) is 0 Å². The minimum Gasteiger partial charge on any atom is -0.353 e. The van der Waals surface area contributed by atoms with E-state index in [1.807, 2.05) is 0 Å². The molecule has 2 aliphatic rings. The van der Waals surface area contributed by atoms with E-state index in [1.54, 1.807) is 0 Å². The molecule has 1 saturated heterocycles. The standard InChI is InChI=1S/C10H16O3/c11-7-10(4-5-10)8-13-9-3-1-2-6-12-9/h7,9H,1-6,8H2. The first kappa shape index (κ1) is 9.16. The summed E-state index contributed by atoms with van der Waals surface area (Å²) in [5, 5.41) is 0. The lowest BCUT2D eigenvalue weighted by Gasteiger charge is -2.23. The molecule has 1 aliphatic heterocycles. The highest BCUT2D eigenvalue weighted by atomic mass is 16.7. The summed E-state index contributed by atoms with van der Waals surface area (Å²) in [6.45, 7) is 1.36. The first-order valence-electron chi connectivity index (χ1n) is 5.04. The van der Waals surface area contributed by atoms with E-state index >= 15 is 0 Å². The second kappa shape index (κ2) is 3.76. The van der Waals surface area contributed by atoms with Gasteiger partial charge in [-0.2, -0.15) is 0 Å². The fraction of sp³-hybridized carbons (Fsp3) is 0.900. The van der Waals surface area contributed by atoms with Gasteiger partial charge in [0.05, 0.1) is 6.61 Å². The van der Waals surface area contributed by atoms with Crippen molar-refractivity contribution in [3.63, 3.8) is 0 Å². The van der Waals surface area contributed by atoms with Crippen molar-refractivity contribution in [2.75, 3.05) is 13.2 Å². The van der Waals surface area contributed by atoms with E-state index < -0.39 is 0 Å². The number of rotatable bonds is 4. The van der Waals surface area contributed by atoms with Gasteiger partial charge in [-0.3, -0.25) is 0 Å². The van der Waals surface area contributed by atoms with Gasteiger partial charge in [-0.1, -0.05) is 0 Å². The Morgan fingerprint density at radius 3 is 2.85 bits per heavy atom. The van der Waals surface area contributed by atoms with Gasteiger partial charge in [0.15, 0.2) is 6.29 Å². The van der Waals surface area contributed by atoms with Gasteiger partial charge in [0.1, 0.15) is 6.29 Å². The number of aldehydes is 1. The van der Waals surface area contributed by atoms with E-state index in [1.165, 1.54) is 6.42 Å². The predicted molar refractivity (Wildman–Crippen MR) is 47.3 cm³/mol. The van der Waals surface area contributed by atoms with Gasteiger partial charge < -0.3 is 14.3 Å². The molecule has 3 nitrogen and oxygen atoms in total. The quantitative estimate of drug-likeness (QED) is 0.621. The van der Waals surface area contributed by atoms with Crippen LogP contribution in [0.15, 0.2) is 0 Å². The second-order valence-electron chi connectivity index (χ2n) is 4.09. The molecule has 2 fully saturated rings. The zero-order valence-electron chi connectivity index (χ0n) is 7.83. The molecule has 1 atom stereocenters. The predicted octanol–water partition coefficient (Wildman–Crippen LogP) is 1.51. The summed E-state index contributed by atoms with van der Waals surface area (Å²) < 4.78 is 11.0. The van der Waals surface area contributed by atoms with Gasteiger partial charge in [0.25, 0.3) is 0 Å². The average molecular weight is 184 g/mol. The summed E-state index contributed by atoms with van der Waals surface area (Å²) in [5.74, 6) is 0. The van der Waals surface area contributed by atoms with Crippen LogP contribution in [0.25, 0.3) is 0 Å². The van der Waals surface area contributed by atoms with Crippen LogP contribution < -0.4 is 0 Å².